The number of anilines is 3. The van der Waals surface area contributed by atoms with E-state index in [0.717, 1.165) is 17.8 Å². The fraction of sp³-hybridized carbons (Fsp3) is 0.133. The summed E-state index contributed by atoms with van der Waals surface area (Å²) in [4.78, 5) is 13.9. The zero-order valence-corrected chi connectivity index (χ0v) is 11.7. The van der Waals surface area contributed by atoms with Crippen molar-refractivity contribution >= 4 is 23.0 Å². The summed E-state index contributed by atoms with van der Waals surface area (Å²) >= 11 is 0. The van der Waals surface area contributed by atoms with E-state index < -0.39 is 17.5 Å². The van der Waals surface area contributed by atoms with Crippen LogP contribution >= 0.6 is 0 Å². The molecule has 0 bridgehead atoms. The molecular formula is C15H15F2N3O. The van der Waals surface area contributed by atoms with Crippen LogP contribution in [0.2, 0.25) is 0 Å². The molecule has 110 valence electrons. The van der Waals surface area contributed by atoms with Crippen LogP contribution in [0.1, 0.15) is 10.4 Å². The molecule has 6 heteroatoms. The first-order valence-electron chi connectivity index (χ1n) is 6.21. The van der Waals surface area contributed by atoms with E-state index in [2.05, 4.69) is 5.32 Å². The van der Waals surface area contributed by atoms with Crippen molar-refractivity contribution in [2.24, 2.45) is 0 Å². The van der Waals surface area contributed by atoms with Crippen molar-refractivity contribution in [1.82, 2.24) is 0 Å². The Bertz CT molecular complexity index is 669. The summed E-state index contributed by atoms with van der Waals surface area (Å²) in [6, 6.07) is 8.65. The van der Waals surface area contributed by atoms with Crippen molar-refractivity contribution in [3.8, 4) is 0 Å². The van der Waals surface area contributed by atoms with Crippen LogP contribution in [-0.2, 0) is 0 Å². The molecule has 0 aliphatic rings. The molecular weight excluding hydrogens is 276 g/mol. The van der Waals surface area contributed by atoms with E-state index in [-0.39, 0.29) is 11.3 Å². The van der Waals surface area contributed by atoms with Gasteiger partial charge >= 0.3 is 0 Å². The summed E-state index contributed by atoms with van der Waals surface area (Å²) in [7, 11) is 3.80. The molecule has 3 N–H and O–H groups in total. The molecule has 0 atom stereocenters. The normalized spacial score (nSPS) is 10.3. The summed E-state index contributed by atoms with van der Waals surface area (Å²) in [6.45, 7) is 0. The number of hydrogen-bond acceptors (Lipinski definition) is 3. The van der Waals surface area contributed by atoms with Crippen LogP contribution in [0, 0.1) is 11.6 Å². The minimum atomic E-state index is -1.11. The zero-order chi connectivity index (χ0) is 15.6. The lowest BCUT2D eigenvalue weighted by Crippen LogP contribution is -2.15. The van der Waals surface area contributed by atoms with Crippen LogP contribution in [0.15, 0.2) is 36.4 Å². The van der Waals surface area contributed by atoms with E-state index in [1.807, 2.05) is 31.1 Å². The number of nitrogens with zero attached hydrogens (tertiary/aromatic N) is 1. The molecule has 4 nitrogen and oxygen atoms in total. The Kier molecular flexibility index (Phi) is 4.07. The highest BCUT2D eigenvalue weighted by molar-refractivity contribution is 6.07. The number of nitrogens with one attached hydrogen (secondary N) is 1. The maximum atomic E-state index is 13.2. The van der Waals surface area contributed by atoms with Crippen molar-refractivity contribution in [3.05, 3.63) is 53.6 Å². The molecule has 0 saturated carbocycles. The standard InChI is InChI=1S/C15H15F2N3O/c1-20(2)10-5-3-9(4-6-10)19-15(21)11-7-12(16)13(17)8-14(11)18/h3-8H,18H2,1-2H3,(H,19,21). The largest absolute Gasteiger partial charge is 0.398 e. The highest BCUT2D eigenvalue weighted by Crippen LogP contribution is 2.20. The van der Waals surface area contributed by atoms with Crippen molar-refractivity contribution in [3.63, 3.8) is 0 Å². The van der Waals surface area contributed by atoms with Crippen LogP contribution in [0.25, 0.3) is 0 Å². The smallest absolute Gasteiger partial charge is 0.257 e. The summed E-state index contributed by atoms with van der Waals surface area (Å²) in [5, 5.41) is 2.59. The van der Waals surface area contributed by atoms with Gasteiger partial charge in [-0.1, -0.05) is 0 Å². The third-order valence-corrected chi connectivity index (χ3v) is 2.98. The highest BCUT2D eigenvalue weighted by atomic mass is 19.2. The van der Waals surface area contributed by atoms with E-state index in [0.29, 0.717) is 5.69 Å². The Labute approximate surface area is 121 Å². The fourth-order valence-corrected chi connectivity index (χ4v) is 1.80. The third kappa shape index (κ3) is 3.28. The van der Waals surface area contributed by atoms with E-state index in [4.69, 9.17) is 5.73 Å². The number of benzene rings is 2. The molecule has 2 aromatic carbocycles. The molecule has 0 aliphatic heterocycles. The molecule has 2 aromatic rings. The van der Waals surface area contributed by atoms with Gasteiger partial charge < -0.3 is 16.0 Å². The van der Waals surface area contributed by atoms with Crippen molar-refractivity contribution in [2.75, 3.05) is 30.0 Å². The Hall–Kier alpha value is -2.63. The predicted octanol–water partition coefficient (Wildman–Crippen LogP) is 2.87. The van der Waals surface area contributed by atoms with Gasteiger partial charge in [-0.15, -0.1) is 0 Å². The molecule has 0 saturated heterocycles. The average molecular weight is 291 g/mol. The highest BCUT2D eigenvalue weighted by Gasteiger charge is 2.14. The molecule has 21 heavy (non-hydrogen) atoms. The molecule has 0 unspecified atom stereocenters. The van der Waals surface area contributed by atoms with Gasteiger partial charge in [0.2, 0.25) is 0 Å². The number of nitrogens with two attached hydrogens (primary N) is 1. The number of amides is 1. The fourth-order valence-electron chi connectivity index (χ4n) is 1.80. The van der Waals surface area contributed by atoms with Gasteiger partial charge in [0.1, 0.15) is 0 Å². The zero-order valence-electron chi connectivity index (χ0n) is 11.7. The number of carbonyl (C=O) groups excluding carboxylic acids is 1. The molecule has 0 spiro atoms. The summed E-state index contributed by atoms with van der Waals surface area (Å²) in [5.41, 5.74) is 6.82. The summed E-state index contributed by atoms with van der Waals surface area (Å²) in [5.74, 6) is -2.79. The van der Waals surface area contributed by atoms with Crippen molar-refractivity contribution < 1.29 is 13.6 Å². The van der Waals surface area contributed by atoms with E-state index in [9.17, 15) is 13.6 Å². The Morgan fingerprint density at radius 2 is 1.67 bits per heavy atom. The predicted molar refractivity (Wildman–Crippen MR) is 79.5 cm³/mol. The van der Waals surface area contributed by atoms with Crippen LogP contribution in [0.3, 0.4) is 0 Å². The number of carbonyl (C=O) groups is 1. The van der Waals surface area contributed by atoms with Gasteiger partial charge in [-0.25, -0.2) is 8.78 Å². The quantitative estimate of drug-likeness (QED) is 0.855. The van der Waals surface area contributed by atoms with Crippen molar-refractivity contribution in [2.45, 2.75) is 0 Å². The first-order chi connectivity index (χ1) is 9.88. The van der Waals surface area contributed by atoms with Gasteiger partial charge in [0, 0.05) is 37.2 Å². The SMILES string of the molecule is CN(C)c1ccc(NC(=O)c2cc(F)c(F)cc2N)cc1. The second-order valence-corrected chi connectivity index (χ2v) is 4.75. The van der Waals surface area contributed by atoms with Gasteiger partial charge in [-0.2, -0.15) is 0 Å². The minimum Gasteiger partial charge on any atom is -0.398 e. The van der Waals surface area contributed by atoms with E-state index in [1.165, 1.54) is 0 Å². The van der Waals surface area contributed by atoms with E-state index >= 15 is 0 Å². The second kappa shape index (κ2) is 5.78. The maximum absolute atomic E-state index is 13.2. The van der Waals surface area contributed by atoms with Crippen molar-refractivity contribution in [1.29, 1.82) is 0 Å². The van der Waals surface area contributed by atoms with Gasteiger partial charge in [-0.05, 0) is 30.3 Å². The first-order valence-corrected chi connectivity index (χ1v) is 6.21. The van der Waals surface area contributed by atoms with Crippen LogP contribution in [0.4, 0.5) is 25.8 Å². The molecule has 0 radical (unpaired) electrons. The van der Waals surface area contributed by atoms with Crippen LogP contribution in [0.5, 0.6) is 0 Å². The van der Waals surface area contributed by atoms with Gasteiger partial charge in [0.15, 0.2) is 11.6 Å². The molecule has 2 rings (SSSR count). The third-order valence-electron chi connectivity index (χ3n) is 2.98. The van der Waals surface area contributed by atoms with Gasteiger partial charge in [0.25, 0.3) is 5.91 Å². The molecule has 0 aromatic heterocycles. The average Bonchev–Trinajstić information content (AvgIpc) is 2.43. The number of hydrogen-bond donors (Lipinski definition) is 2. The van der Waals surface area contributed by atoms with Gasteiger partial charge in [0.05, 0.1) is 5.56 Å². The maximum Gasteiger partial charge on any atom is 0.257 e. The van der Waals surface area contributed by atoms with Crippen LogP contribution < -0.4 is 16.0 Å². The lowest BCUT2D eigenvalue weighted by Gasteiger charge is -2.13. The molecule has 0 heterocycles. The number of rotatable bonds is 3. The minimum absolute atomic E-state index is 0.106. The summed E-state index contributed by atoms with van der Waals surface area (Å²) < 4.78 is 26.2. The first kappa shape index (κ1) is 14.8. The Morgan fingerprint density at radius 1 is 1.10 bits per heavy atom. The molecule has 1 amide bonds. The molecule has 0 aliphatic carbocycles. The summed E-state index contributed by atoms with van der Waals surface area (Å²) in [6.07, 6.45) is 0. The van der Waals surface area contributed by atoms with E-state index in [1.54, 1.807) is 12.1 Å². The Balaban J connectivity index is 2.20. The lowest BCUT2D eigenvalue weighted by molar-refractivity contribution is 0.102. The van der Waals surface area contributed by atoms with Crippen LogP contribution in [-0.4, -0.2) is 20.0 Å². The number of nitrogen functional groups attached to an aromatic ring is 1. The Morgan fingerprint density at radius 3 is 2.24 bits per heavy atom. The molecule has 0 fully saturated rings. The second-order valence-electron chi connectivity index (χ2n) is 4.75. The van der Waals surface area contributed by atoms with Gasteiger partial charge in [-0.3, -0.25) is 4.79 Å². The topological polar surface area (TPSA) is 58.4 Å². The number of halogens is 2. The monoisotopic (exact) mass is 291 g/mol. The lowest BCUT2D eigenvalue weighted by atomic mass is 10.1.